The molecule has 0 unspecified atom stereocenters. The summed E-state index contributed by atoms with van der Waals surface area (Å²) in [7, 11) is 1.45. The smallest absolute Gasteiger partial charge is 0.257 e. The van der Waals surface area contributed by atoms with Gasteiger partial charge in [-0.2, -0.15) is 0 Å². The number of fused-ring (bicyclic) bond motifs is 1. The number of ether oxygens (including phenoxy) is 1. The minimum atomic E-state index is -2.62. The first-order valence-corrected chi connectivity index (χ1v) is 5.24. The standard InChI is InChI=1S/C13H13F2NO/c1-17-10-7-6-8-4-2-3-5-9(8)11(10)12(16)13(14)15/h2-7,12-13H,16H2,1H3/t12-/m0/s1. The van der Waals surface area contributed by atoms with Crippen molar-refractivity contribution in [3.8, 4) is 5.75 Å². The second-order valence-corrected chi connectivity index (χ2v) is 3.76. The molecule has 0 aliphatic rings. The molecule has 0 saturated carbocycles. The predicted molar refractivity (Wildman–Crippen MR) is 63.4 cm³/mol. The maximum Gasteiger partial charge on any atom is 0.257 e. The minimum absolute atomic E-state index is 0.362. The first kappa shape index (κ1) is 11.8. The third kappa shape index (κ3) is 2.08. The van der Waals surface area contributed by atoms with Crippen LogP contribution in [0.4, 0.5) is 8.78 Å². The van der Waals surface area contributed by atoms with E-state index in [0.29, 0.717) is 16.7 Å². The van der Waals surface area contributed by atoms with E-state index >= 15 is 0 Å². The molecule has 1 atom stereocenters. The molecule has 4 heteroatoms. The van der Waals surface area contributed by atoms with Gasteiger partial charge in [0.1, 0.15) is 5.75 Å². The van der Waals surface area contributed by atoms with E-state index in [-0.39, 0.29) is 0 Å². The molecular formula is C13H13F2NO. The Labute approximate surface area is 98.0 Å². The van der Waals surface area contributed by atoms with Crippen molar-refractivity contribution in [3.63, 3.8) is 0 Å². The molecule has 90 valence electrons. The second-order valence-electron chi connectivity index (χ2n) is 3.76. The van der Waals surface area contributed by atoms with Crippen LogP contribution in [0.1, 0.15) is 11.6 Å². The number of hydrogen-bond donors (Lipinski definition) is 1. The van der Waals surface area contributed by atoms with Crippen LogP contribution in [0.25, 0.3) is 10.8 Å². The highest BCUT2D eigenvalue weighted by Crippen LogP contribution is 2.34. The van der Waals surface area contributed by atoms with Crippen LogP contribution in [0.15, 0.2) is 36.4 Å². The van der Waals surface area contributed by atoms with Crippen LogP contribution in [0.5, 0.6) is 5.75 Å². The highest BCUT2D eigenvalue weighted by Gasteiger charge is 2.23. The molecule has 0 heterocycles. The lowest BCUT2D eigenvalue weighted by molar-refractivity contribution is 0.115. The summed E-state index contributed by atoms with van der Waals surface area (Å²) in [5.41, 5.74) is 5.91. The Morgan fingerprint density at radius 3 is 2.47 bits per heavy atom. The normalized spacial score (nSPS) is 13.0. The van der Waals surface area contributed by atoms with Gasteiger partial charge in [0.25, 0.3) is 6.43 Å². The average molecular weight is 237 g/mol. The Morgan fingerprint density at radius 1 is 1.12 bits per heavy atom. The second kappa shape index (κ2) is 4.67. The molecular weight excluding hydrogens is 224 g/mol. The highest BCUT2D eigenvalue weighted by molar-refractivity contribution is 5.88. The predicted octanol–water partition coefficient (Wildman–Crippen LogP) is 3.11. The SMILES string of the molecule is COc1ccc2ccccc2c1[C@H](N)C(F)F. The third-order valence-corrected chi connectivity index (χ3v) is 2.76. The summed E-state index contributed by atoms with van der Waals surface area (Å²) in [6.07, 6.45) is -2.62. The molecule has 0 bridgehead atoms. The summed E-state index contributed by atoms with van der Waals surface area (Å²) < 4.78 is 30.7. The lowest BCUT2D eigenvalue weighted by Crippen LogP contribution is -2.20. The van der Waals surface area contributed by atoms with Crippen LogP contribution in [0, 0.1) is 0 Å². The van der Waals surface area contributed by atoms with Gasteiger partial charge in [0.15, 0.2) is 0 Å². The van der Waals surface area contributed by atoms with E-state index in [0.717, 1.165) is 5.39 Å². The average Bonchev–Trinajstić information content (AvgIpc) is 2.36. The van der Waals surface area contributed by atoms with Gasteiger partial charge in [0.2, 0.25) is 0 Å². The molecule has 2 rings (SSSR count). The van der Waals surface area contributed by atoms with Gasteiger partial charge in [-0.15, -0.1) is 0 Å². The molecule has 2 aromatic carbocycles. The van der Waals surface area contributed by atoms with Crippen LogP contribution in [0.3, 0.4) is 0 Å². The largest absolute Gasteiger partial charge is 0.496 e. The highest BCUT2D eigenvalue weighted by atomic mass is 19.3. The third-order valence-electron chi connectivity index (χ3n) is 2.76. The quantitative estimate of drug-likeness (QED) is 0.890. The van der Waals surface area contributed by atoms with E-state index in [4.69, 9.17) is 10.5 Å². The van der Waals surface area contributed by atoms with Crippen molar-refractivity contribution in [2.24, 2.45) is 5.73 Å². The molecule has 2 nitrogen and oxygen atoms in total. The van der Waals surface area contributed by atoms with E-state index in [1.165, 1.54) is 7.11 Å². The summed E-state index contributed by atoms with van der Waals surface area (Å²) in [5, 5.41) is 1.58. The molecule has 0 amide bonds. The Hall–Kier alpha value is -1.68. The molecule has 0 saturated heterocycles. The zero-order chi connectivity index (χ0) is 12.4. The minimum Gasteiger partial charge on any atom is -0.496 e. The molecule has 0 aromatic heterocycles. The maximum atomic E-state index is 12.8. The summed E-state index contributed by atoms with van der Waals surface area (Å²) >= 11 is 0. The molecule has 2 aromatic rings. The van der Waals surface area contributed by atoms with Crippen LogP contribution in [0.2, 0.25) is 0 Å². The van der Waals surface area contributed by atoms with Crippen LogP contribution >= 0.6 is 0 Å². The number of nitrogens with two attached hydrogens (primary N) is 1. The summed E-state index contributed by atoms with van der Waals surface area (Å²) in [5.74, 6) is 0.400. The molecule has 0 radical (unpaired) electrons. The van der Waals surface area contributed by atoms with Crippen molar-refractivity contribution in [2.45, 2.75) is 12.5 Å². The summed E-state index contributed by atoms with van der Waals surface area (Å²) in [6, 6.07) is 9.44. The van der Waals surface area contributed by atoms with Crippen molar-refractivity contribution in [3.05, 3.63) is 42.0 Å². The molecule has 0 aliphatic heterocycles. The van der Waals surface area contributed by atoms with Gasteiger partial charge in [0.05, 0.1) is 13.2 Å². The van der Waals surface area contributed by atoms with Gasteiger partial charge in [-0.1, -0.05) is 30.3 Å². The molecule has 17 heavy (non-hydrogen) atoms. The Morgan fingerprint density at radius 2 is 1.82 bits per heavy atom. The molecule has 0 spiro atoms. The fraction of sp³-hybridized carbons (Fsp3) is 0.231. The Balaban J connectivity index is 2.71. The summed E-state index contributed by atoms with van der Waals surface area (Å²) in [6.45, 7) is 0. The monoisotopic (exact) mass is 237 g/mol. The van der Waals surface area contributed by atoms with Crippen LogP contribution in [-0.4, -0.2) is 13.5 Å². The van der Waals surface area contributed by atoms with E-state index in [1.807, 2.05) is 18.2 Å². The lowest BCUT2D eigenvalue weighted by atomic mass is 9.98. The van der Waals surface area contributed by atoms with E-state index in [1.54, 1.807) is 18.2 Å². The van der Waals surface area contributed by atoms with Crippen molar-refractivity contribution < 1.29 is 13.5 Å². The molecule has 0 fully saturated rings. The van der Waals surface area contributed by atoms with Crippen molar-refractivity contribution in [1.29, 1.82) is 0 Å². The maximum absolute atomic E-state index is 12.8. The number of halogens is 2. The topological polar surface area (TPSA) is 35.2 Å². The molecule has 0 aliphatic carbocycles. The zero-order valence-corrected chi connectivity index (χ0v) is 9.36. The van der Waals surface area contributed by atoms with E-state index < -0.39 is 12.5 Å². The number of benzene rings is 2. The number of hydrogen-bond acceptors (Lipinski definition) is 2. The van der Waals surface area contributed by atoms with Crippen molar-refractivity contribution >= 4 is 10.8 Å². The Bertz CT molecular complexity index is 528. The number of methoxy groups -OCH3 is 1. The molecule has 2 N–H and O–H groups in total. The van der Waals surface area contributed by atoms with E-state index in [2.05, 4.69) is 0 Å². The van der Waals surface area contributed by atoms with Crippen LogP contribution in [-0.2, 0) is 0 Å². The lowest BCUT2D eigenvalue weighted by Gasteiger charge is -2.17. The van der Waals surface area contributed by atoms with Crippen molar-refractivity contribution in [1.82, 2.24) is 0 Å². The van der Waals surface area contributed by atoms with Gasteiger partial charge in [-0.3, -0.25) is 0 Å². The van der Waals surface area contributed by atoms with Crippen molar-refractivity contribution in [2.75, 3.05) is 7.11 Å². The number of rotatable bonds is 3. The van der Waals surface area contributed by atoms with Gasteiger partial charge in [0, 0.05) is 5.56 Å². The van der Waals surface area contributed by atoms with Crippen LogP contribution < -0.4 is 10.5 Å². The van der Waals surface area contributed by atoms with Gasteiger partial charge >= 0.3 is 0 Å². The Kier molecular flexibility index (Phi) is 3.24. The summed E-state index contributed by atoms with van der Waals surface area (Å²) in [4.78, 5) is 0. The van der Waals surface area contributed by atoms with Gasteiger partial charge in [-0.05, 0) is 16.8 Å². The van der Waals surface area contributed by atoms with Gasteiger partial charge in [-0.25, -0.2) is 8.78 Å². The number of alkyl halides is 2. The van der Waals surface area contributed by atoms with Gasteiger partial charge < -0.3 is 10.5 Å². The first-order chi connectivity index (χ1) is 8.15. The first-order valence-electron chi connectivity index (χ1n) is 5.24. The fourth-order valence-electron chi connectivity index (χ4n) is 1.92. The zero-order valence-electron chi connectivity index (χ0n) is 9.36. The fourth-order valence-corrected chi connectivity index (χ4v) is 1.92. The van der Waals surface area contributed by atoms with E-state index in [9.17, 15) is 8.78 Å².